The normalized spacial score (nSPS) is 6.00. The number of carboxylic acid groups (broad SMARTS) is 2. The molecule has 1 rings (SSSR count). The Hall–Kier alpha value is 1.62. The SMILES string of the molecule is O=C([O-])[O-].[K+].[K+].c1cncnc1. The molecule has 12 heavy (non-hydrogen) atoms. The first-order valence-corrected chi connectivity index (χ1v) is 2.31. The largest absolute Gasteiger partial charge is 1.00 e. The van der Waals surface area contributed by atoms with Crippen molar-refractivity contribution in [2.75, 3.05) is 0 Å². The second-order valence-electron chi connectivity index (χ2n) is 1.15. The van der Waals surface area contributed by atoms with Crippen LogP contribution in [0, 0.1) is 0 Å². The summed E-state index contributed by atoms with van der Waals surface area (Å²) < 4.78 is 0. The maximum Gasteiger partial charge on any atom is 1.00 e. The van der Waals surface area contributed by atoms with Crippen LogP contribution in [-0.4, -0.2) is 16.1 Å². The van der Waals surface area contributed by atoms with E-state index in [-0.39, 0.29) is 103 Å². The summed E-state index contributed by atoms with van der Waals surface area (Å²) in [5.74, 6) is 0. The molecule has 7 heteroatoms. The van der Waals surface area contributed by atoms with Gasteiger partial charge in [0, 0.05) is 12.4 Å². The fourth-order valence-electron chi connectivity index (χ4n) is 0.253. The molecule has 0 aliphatic rings. The summed E-state index contributed by atoms with van der Waals surface area (Å²) in [7, 11) is 0. The molecule has 0 aliphatic heterocycles. The van der Waals surface area contributed by atoms with Gasteiger partial charge in [-0.25, -0.2) is 9.97 Å². The van der Waals surface area contributed by atoms with Gasteiger partial charge in [0.2, 0.25) is 0 Å². The molecule has 0 spiro atoms. The Morgan fingerprint density at radius 2 is 1.42 bits per heavy atom. The number of nitrogens with zero attached hydrogens (tertiary/aromatic N) is 2. The van der Waals surface area contributed by atoms with Crippen molar-refractivity contribution in [3.05, 3.63) is 24.8 Å². The minimum Gasteiger partial charge on any atom is -0.652 e. The fourth-order valence-corrected chi connectivity index (χ4v) is 0.253. The van der Waals surface area contributed by atoms with Crippen molar-refractivity contribution in [3.8, 4) is 0 Å². The smallest absolute Gasteiger partial charge is 0.652 e. The van der Waals surface area contributed by atoms with E-state index in [2.05, 4.69) is 9.97 Å². The molecule has 0 bridgehead atoms. The first-order valence-electron chi connectivity index (χ1n) is 2.31. The Balaban J connectivity index is -0.000000124. The van der Waals surface area contributed by atoms with Crippen LogP contribution in [0.1, 0.15) is 0 Å². The van der Waals surface area contributed by atoms with E-state index in [0.717, 1.165) is 0 Å². The number of hydrogen-bond donors (Lipinski definition) is 0. The number of carbonyl (C=O) groups is 1. The molecule has 0 aromatic carbocycles. The molecule has 0 fully saturated rings. The quantitative estimate of drug-likeness (QED) is 0.403. The summed E-state index contributed by atoms with van der Waals surface area (Å²) in [6, 6.07) is 1.78. The first kappa shape index (κ1) is 19.2. The van der Waals surface area contributed by atoms with Crippen molar-refractivity contribution in [1.29, 1.82) is 0 Å². The molecular weight excluding hydrogens is 214 g/mol. The molecule has 0 saturated carbocycles. The monoisotopic (exact) mass is 218 g/mol. The zero-order valence-corrected chi connectivity index (χ0v) is 13.2. The Morgan fingerprint density at radius 1 is 1.08 bits per heavy atom. The minimum absolute atomic E-state index is 0. The average Bonchev–Trinajstić information content (AvgIpc) is 1.90. The van der Waals surface area contributed by atoms with Crippen molar-refractivity contribution in [1.82, 2.24) is 9.97 Å². The van der Waals surface area contributed by atoms with Crippen LogP contribution in [0.25, 0.3) is 0 Å². The van der Waals surface area contributed by atoms with E-state index in [0.29, 0.717) is 0 Å². The summed E-state index contributed by atoms with van der Waals surface area (Å²) in [4.78, 5) is 15.7. The molecule has 1 aromatic rings. The number of carbonyl (C=O) groups excluding carboxylic acids is 1. The fraction of sp³-hybridized carbons (Fsp3) is 0. The molecule has 1 heterocycles. The van der Waals surface area contributed by atoms with Crippen LogP contribution in [0.15, 0.2) is 24.8 Å². The summed E-state index contributed by atoms with van der Waals surface area (Å²) >= 11 is 0. The van der Waals surface area contributed by atoms with Crippen LogP contribution < -0.4 is 113 Å². The third-order valence-electron chi connectivity index (χ3n) is 0.478. The van der Waals surface area contributed by atoms with Crippen LogP contribution in [0.2, 0.25) is 0 Å². The van der Waals surface area contributed by atoms with Gasteiger partial charge in [0.05, 0.1) is 0 Å². The summed E-state index contributed by atoms with van der Waals surface area (Å²) in [6.07, 6.45) is 2.54. The van der Waals surface area contributed by atoms with E-state index in [4.69, 9.17) is 15.0 Å². The Labute approximate surface area is 155 Å². The molecule has 0 amide bonds. The van der Waals surface area contributed by atoms with Crippen LogP contribution in [0.5, 0.6) is 0 Å². The Kier molecular flexibility index (Phi) is 24.2. The van der Waals surface area contributed by atoms with Crippen molar-refractivity contribution in [3.63, 3.8) is 0 Å². The zero-order valence-electron chi connectivity index (χ0n) is 6.93. The van der Waals surface area contributed by atoms with Crippen molar-refractivity contribution < 1.29 is 118 Å². The van der Waals surface area contributed by atoms with Gasteiger partial charge in [-0.1, -0.05) is 0 Å². The van der Waals surface area contributed by atoms with Gasteiger partial charge in [0.15, 0.2) is 0 Å². The average molecular weight is 218 g/mol. The van der Waals surface area contributed by atoms with Crippen LogP contribution in [0.3, 0.4) is 0 Å². The Morgan fingerprint density at radius 3 is 1.50 bits per heavy atom. The molecule has 0 atom stereocenters. The van der Waals surface area contributed by atoms with Crippen molar-refractivity contribution in [2.24, 2.45) is 0 Å². The molecule has 1 aromatic heterocycles. The molecular formula is C5H4K2N2O3. The van der Waals surface area contributed by atoms with Gasteiger partial charge in [-0.05, 0) is 12.2 Å². The van der Waals surface area contributed by atoms with E-state index in [1.807, 2.05) is 0 Å². The third-order valence-corrected chi connectivity index (χ3v) is 0.478. The Bertz CT molecular complexity index is 155. The van der Waals surface area contributed by atoms with Gasteiger partial charge in [0.1, 0.15) is 6.33 Å². The van der Waals surface area contributed by atoms with Crippen molar-refractivity contribution in [2.45, 2.75) is 0 Å². The molecule has 0 unspecified atom stereocenters. The van der Waals surface area contributed by atoms with Gasteiger partial charge in [-0.2, -0.15) is 0 Å². The van der Waals surface area contributed by atoms with Crippen LogP contribution >= 0.6 is 0 Å². The maximum atomic E-state index is 8.33. The second kappa shape index (κ2) is 15.1. The first-order chi connectivity index (χ1) is 4.73. The van der Waals surface area contributed by atoms with Gasteiger partial charge in [-0.15, -0.1) is 0 Å². The van der Waals surface area contributed by atoms with Gasteiger partial charge in [0.25, 0.3) is 0 Å². The van der Waals surface area contributed by atoms with E-state index in [1.54, 1.807) is 18.5 Å². The summed E-state index contributed by atoms with van der Waals surface area (Å²) in [5.41, 5.74) is 0. The van der Waals surface area contributed by atoms with Crippen LogP contribution in [0.4, 0.5) is 4.79 Å². The second-order valence-corrected chi connectivity index (χ2v) is 1.15. The molecule has 0 radical (unpaired) electrons. The predicted molar refractivity (Wildman–Crippen MR) is 27.4 cm³/mol. The summed E-state index contributed by atoms with van der Waals surface area (Å²) in [5, 5.41) is 16.7. The number of rotatable bonds is 0. The van der Waals surface area contributed by atoms with Gasteiger partial charge < -0.3 is 15.0 Å². The van der Waals surface area contributed by atoms with E-state index in [1.165, 1.54) is 6.33 Å². The van der Waals surface area contributed by atoms with E-state index < -0.39 is 6.16 Å². The predicted octanol–water partition coefficient (Wildman–Crippen LogP) is -7.96. The molecule has 0 N–H and O–H groups in total. The van der Waals surface area contributed by atoms with E-state index >= 15 is 0 Å². The molecule has 54 valence electrons. The number of hydrogen-bond acceptors (Lipinski definition) is 5. The molecule has 0 aliphatic carbocycles. The summed E-state index contributed by atoms with van der Waals surface area (Å²) in [6.45, 7) is 0. The van der Waals surface area contributed by atoms with Gasteiger partial charge in [-0.3, -0.25) is 0 Å². The number of aromatic nitrogens is 2. The maximum absolute atomic E-state index is 8.33. The van der Waals surface area contributed by atoms with Crippen LogP contribution in [-0.2, 0) is 0 Å². The standard InChI is InChI=1S/C4H4N2.CH2O3.2K/c1-2-5-4-6-3-1;2-1(3)4;;/h1-4H;(H2,2,3,4);;/q;;2*+1/p-2. The van der Waals surface area contributed by atoms with Gasteiger partial charge >= 0.3 is 103 Å². The minimum atomic E-state index is -2.33. The van der Waals surface area contributed by atoms with E-state index in [9.17, 15) is 0 Å². The molecule has 5 nitrogen and oxygen atoms in total. The zero-order chi connectivity index (χ0) is 7.82. The van der Waals surface area contributed by atoms with Crippen molar-refractivity contribution >= 4 is 6.16 Å². The topological polar surface area (TPSA) is 89.0 Å². The molecule has 0 saturated heterocycles. The third kappa shape index (κ3) is 22.6.